The maximum absolute atomic E-state index is 5.99. The lowest BCUT2D eigenvalue weighted by Crippen LogP contribution is -2.68. The summed E-state index contributed by atoms with van der Waals surface area (Å²) in [4.78, 5) is 7.05. The molecule has 26 heavy (non-hydrogen) atoms. The van der Waals surface area contributed by atoms with E-state index in [4.69, 9.17) is 4.74 Å². The molecule has 3 fully saturated rings. The van der Waals surface area contributed by atoms with Gasteiger partial charge in [-0.05, 0) is 50.5 Å². The number of ether oxygens (including phenoxy) is 1. The summed E-state index contributed by atoms with van der Waals surface area (Å²) in [6, 6.07) is 0.531. The van der Waals surface area contributed by atoms with E-state index in [0.29, 0.717) is 23.5 Å². The first-order valence-electron chi connectivity index (χ1n) is 10.2. The summed E-state index contributed by atoms with van der Waals surface area (Å²) in [6.07, 6.45) is 12.0. The Morgan fingerprint density at radius 1 is 1.46 bits per heavy atom. The number of aromatic nitrogens is 2. The third kappa shape index (κ3) is 3.13. The van der Waals surface area contributed by atoms with Crippen LogP contribution in [0.4, 0.5) is 0 Å². The second kappa shape index (κ2) is 7.22. The lowest BCUT2D eigenvalue weighted by molar-refractivity contribution is -0.168. The summed E-state index contributed by atoms with van der Waals surface area (Å²) in [6.45, 7) is 5.12. The Kier molecular flexibility index (Phi) is 4.95. The van der Waals surface area contributed by atoms with E-state index in [0.717, 1.165) is 38.5 Å². The van der Waals surface area contributed by atoms with Gasteiger partial charge in [0.1, 0.15) is 0 Å². The number of nitrogens with one attached hydrogen (secondary N) is 1. The van der Waals surface area contributed by atoms with Crippen molar-refractivity contribution in [3.8, 4) is 0 Å². The number of rotatable bonds is 5. The molecule has 1 N–H and O–H groups in total. The molecule has 6 nitrogen and oxygen atoms in total. The molecule has 2 aliphatic carbocycles. The highest BCUT2D eigenvalue weighted by Crippen LogP contribution is 2.57. The molecule has 1 aromatic rings. The Bertz CT molecular complexity index is 650. The van der Waals surface area contributed by atoms with E-state index >= 15 is 0 Å². The molecule has 1 spiro atoms. The van der Waals surface area contributed by atoms with E-state index in [1.807, 2.05) is 25.0 Å². The van der Waals surface area contributed by atoms with Crippen molar-refractivity contribution in [1.82, 2.24) is 20.0 Å². The highest BCUT2D eigenvalue weighted by molar-refractivity contribution is 5.80. The molecule has 3 aliphatic rings. The van der Waals surface area contributed by atoms with Crippen molar-refractivity contribution in [3.05, 3.63) is 18.0 Å². The SMILES string of the molecule is CCOC1CC(NC(=NC)N2CCC(Cc3cnn(C)c3)C2)C12CCC2. The predicted octanol–water partition coefficient (Wildman–Crippen LogP) is 2.21. The van der Waals surface area contributed by atoms with Crippen LogP contribution in [0.1, 0.15) is 44.6 Å². The highest BCUT2D eigenvalue weighted by atomic mass is 16.5. The lowest BCUT2D eigenvalue weighted by Gasteiger charge is -2.61. The molecule has 3 unspecified atom stereocenters. The number of hydrogen-bond acceptors (Lipinski definition) is 3. The summed E-state index contributed by atoms with van der Waals surface area (Å²) >= 11 is 0. The molecule has 2 saturated carbocycles. The van der Waals surface area contributed by atoms with E-state index in [9.17, 15) is 0 Å². The molecule has 1 saturated heterocycles. The molecule has 1 aliphatic heterocycles. The van der Waals surface area contributed by atoms with Gasteiger partial charge in [0.25, 0.3) is 0 Å². The molecule has 6 heteroatoms. The zero-order valence-electron chi connectivity index (χ0n) is 16.4. The van der Waals surface area contributed by atoms with E-state index in [1.165, 1.54) is 31.2 Å². The molecule has 2 heterocycles. The van der Waals surface area contributed by atoms with Gasteiger partial charge in [-0.1, -0.05) is 6.42 Å². The molecule has 0 amide bonds. The fourth-order valence-corrected chi connectivity index (χ4v) is 5.20. The van der Waals surface area contributed by atoms with Crippen LogP contribution in [0, 0.1) is 11.3 Å². The fourth-order valence-electron chi connectivity index (χ4n) is 5.20. The smallest absolute Gasteiger partial charge is 0.193 e. The Morgan fingerprint density at radius 2 is 2.31 bits per heavy atom. The van der Waals surface area contributed by atoms with E-state index < -0.39 is 0 Å². The van der Waals surface area contributed by atoms with Gasteiger partial charge < -0.3 is 15.0 Å². The van der Waals surface area contributed by atoms with Gasteiger partial charge in [0.2, 0.25) is 0 Å². The molecule has 0 radical (unpaired) electrons. The molecular weight excluding hydrogens is 326 g/mol. The monoisotopic (exact) mass is 359 g/mol. The van der Waals surface area contributed by atoms with Crippen molar-refractivity contribution in [2.75, 3.05) is 26.7 Å². The van der Waals surface area contributed by atoms with Gasteiger partial charge >= 0.3 is 0 Å². The Hall–Kier alpha value is -1.56. The second-order valence-electron chi connectivity index (χ2n) is 8.34. The van der Waals surface area contributed by atoms with Gasteiger partial charge in [0, 0.05) is 51.4 Å². The Morgan fingerprint density at radius 3 is 2.92 bits per heavy atom. The summed E-state index contributed by atoms with van der Waals surface area (Å²) in [5, 5.41) is 8.09. The average Bonchev–Trinajstić information content (AvgIpc) is 3.18. The first-order chi connectivity index (χ1) is 12.6. The quantitative estimate of drug-likeness (QED) is 0.647. The third-order valence-corrected chi connectivity index (χ3v) is 6.82. The van der Waals surface area contributed by atoms with Crippen LogP contribution >= 0.6 is 0 Å². The molecule has 0 aromatic carbocycles. The number of likely N-dealkylation sites (tertiary alicyclic amines) is 1. The zero-order valence-corrected chi connectivity index (χ0v) is 16.4. The van der Waals surface area contributed by atoms with Crippen LogP contribution in [-0.4, -0.2) is 59.5 Å². The molecule has 4 rings (SSSR count). The number of guanidine groups is 1. The van der Waals surface area contributed by atoms with Crippen molar-refractivity contribution < 1.29 is 4.74 Å². The van der Waals surface area contributed by atoms with Crippen LogP contribution in [0.3, 0.4) is 0 Å². The van der Waals surface area contributed by atoms with Crippen molar-refractivity contribution in [2.45, 2.75) is 57.6 Å². The molecular formula is C20H33N5O. The number of aryl methyl sites for hydroxylation is 1. The minimum absolute atomic E-state index is 0.376. The van der Waals surface area contributed by atoms with Crippen LogP contribution in [0.15, 0.2) is 17.4 Å². The van der Waals surface area contributed by atoms with Gasteiger partial charge in [-0.15, -0.1) is 0 Å². The maximum Gasteiger partial charge on any atom is 0.193 e. The molecule has 3 atom stereocenters. The Balaban J connectivity index is 1.32. The van der Waals surface area contributed by atoms with E-state index in [1.54, 1.807) is 0 Å². The first kappa shape index (κ1) is 17.8. The molecule has 1 aromatic heterocycles. The van der Waals surface area contributed by atoms with Crippen LogP contribution in [0.2, 0.25) is 0 Å². The van der Waals surface area contributed by atoms with Gasteiger partial charge in [-0.25, -0.2) is 0 Å². The fraction of sp³-hybridized carbons (Fsp3) is 0.800. The van der Waals surface area contributed by atoms with Crippen LogP contribution < -0.4 is 5.32 Å². The minimum Gasteiger partial charge on any atom is -0.378 e. The summed E-state index contributed by atoms with van der Waals surface area (Å²) in [5.41, 5.74) is 1.72. The van der Waals surface area contributed by atoms with Crippen molar-refractivity contribution in [3.63, 3.8) is 0 Å². The molecule has 144 valence electrons. The van der Waals surface area contributed by atoms with E-state index in [-0.39, 0.29) is 0 Å². The number of nitrogens with zero attached hydrogens (tertiary/aromatic N) is 4. The van der Waals surface area contributed by atoms with Crippen LogP contribution in [-0.2, 0) is 18.2 Å². The van der Waals surface area contributed by atoms with Gasteiger partial charge in [-0.2, -0.15) is 5.10 Å². The van der Waals surface area contributed by atoms with Crippen molar-refractivity contribution in [2.24, 2.45) is 23.4 Å². The van der Waals surface area contributed by atoms with E-state index in [2.05, 4.69) is 33.4 Å². The first-order valence-corrected chi connectivity index (χ1v) is 10.2. The zero-order chi connectivity index (χ0) is 18.1. The maximum atomic E-state index is 5.99. The number of hydrogen-bond donors (Lipinski definition) is 1. The minimum atomic E-state index is 0.376. The van der Waals surface area contributed by atoms with Gasteiger partial charge in [0.15, 0.2) is 5.96 Å². The largest absolute Gasteiger partial charge is 0.378 e. The normalized spacial score (nSPS) is 30.3. The number of aliphatic imine (C=N–C) groups is 1. The average molecular weight is 360 g/mol. The standard InChI is InChI=1S/C20H33N5O/c1-4-26-18-11-17(20(18)7-5-8-20)23-19(21-2)25-9-6-15(14-25)10-16-12-22-24(3)13-16/h12-13,15,17-18H,4-11,14H2,1-3H3,(H,21,23). The van der Waals surface area contributed by atoms with Gasteiger partial charge in [-0.3, -0.25) is 9.67 Å². The van der Waals surface area contributed by atoms with Crippen LogP contribution in [0.5, 0.6) is 0 Å². The van der Waals surface area contributed by atoms with Gasteiger partial charge in [0.05, 0.1) is 12.3 Å². The summed E-state index contributed by atoms with van der Waals surface area (Å²) in [5.74, 6) is 1.78. The third-order valence-electron chi connectivity index (χ3n) is 6.82. The Labute approximate surface area is 157 Å². The lowest BCUT2D eigenvalue weighted by atomic mass is 9.51. The van der Waals surface area contributed by atoms with Crippen molar-refractivity contribution >= 4 is 5.96 Å². The summed E-state index contributed by atoms with van der Waals surface area (Å²) in [7, 11) is 3.91. The molecule has 0 bridgehead atoms. The summed E-state index contributed by atoms with van der Waals surface area (Å²) < 4.78 is 7.89. The van der Waals surface area contributed by atoms with Crippen LogP contribution in [0.25, 0.3) is 0 Å². The highest BCUT2D eigenvalue weighted by Gasteiger charge is 2.59. The second-order valence-corrected chi connectivity index (χ2v) is 8.34. The van der Waals surface area contributed by atoms with Crippen molar-refractivity contribution in [1.29, 1.82) is 0 Å². The topological polar surface area (TPSA) is 54.7 Å². The predicted molar refractivity (Wildman–Crippen MR) is 103 cm³/mol.